The molecule has 3 rings (SSSR count). The van der Waals surface area contributed by atoms with Gasteiger partial charge in [-0.25, -0.2) is 0 Å². The Balaban J connectivity index is 1.75. The first-order valence-corrected chi connectivity index (χ1v) is 6.40. The summed E-state index contributed by atoms with van der Waals surface area (Å²) in [5, 5.41) is 0. The predicted molar refractivity (Wildman–Crippen MR) is 72.8 cm³/mol. The van der Waals surface area contributed by atoms with Gasteiger partial charge in [0.15, 0.2) is 0 Å². The highest BCUT2D eigenvalue weighted by atomic mass is 16.1. The zero-order valence-corrected chi connectivity index (χ0v) is 10.5. The highest BCUT2D eigenvalue weighted by molar-refractivity contribution is 5.90. The van der Waals surface area contributed by atoms with E-state index < -0.39 is 0 Å². The Hall–Kier alpha value is -1.89. The van der Waals surface area contributed by atoms with Gasteiger partial charge in [0.1, 0.15) is 5.78 Å². The van der Waals surface area contributed by atoms with Crippen molar-refractivity contribution < 1.29 is 4.79 Å². The standard InChI is InChI=1S/C17H16O/c1-12-5-4-6-13(9-12)10-17(18)16-11-14-7-2-3-8-15(14)16/h2-9,16H,10-11H2,1H3. The molecule has 1 heteroatoms. The van der Waals surface area contributed by atoms with Gasteiger partial charge in [-0.2, -0.15) is 0 Å². The van der Waals surface area contributed by atoms with E-state index in [-0.39, 0.29) is 5.92 Å². The topological polar surface area (TPSA) is 17.1 Å². The molecule has 0 saturated carbocycles. The van der Waals surface area contributed by atoms with Gasteiger partial charge in [0.05, 0.1) is 0 Å². The Morgan fingerprint density at radius 1 is 1.17 bits per heavy atom. The SMILES string of the molecule is Cc1cccc(CC(=O)C2Cc3ccccc32)c1. The average molecular weight is 236 g/mol. The van der Waals surface area contributed by atoms with Crippen LogP contribution in [0.25, 0.3) is 0 Å². The van der Waals surface area contributed by atoms with Crippen molar-refractivity contribution in [2.45, 2.75) is 25.7 Å². The molecule has 2 aromatic rings. The molecule has 2 aromatic carbocycles. The lowest BCUT2D eigenvalue weighted by atomic mass is 9.74. The van der Waals surface area contributed by atoms with Crippen molar-refractivity contribution in [1.29, 1.82) is 0 Å². The maximum absolute atomic E-state index is 12.3. The van der Waals surface area contributed by atoms with E-state index in [1.165, 1.54) is 16.7 Å². The van der Waals surface area contributed by atoms with Crippen molar-refractivity contribution in [3.05, 3.63) is 70.8 Å². The van der Waals surface area contributed by atoms with Crippen molar-refractivity contribution in [2.75, 3.05) is 0 Å². The summed E-state index contributed by atoms with van der Waals surface area (Å²) < 4.78 is 0. The summed E-state index contributed by atoms with van der Waals surface area (Å²) in [4.78, 5) is 12.3. The Morgan fingerprint density at radius 2 is 2.00 bits per heavy atom. The van der Waals surface area contributed by atoms with E-state index in [0.717, 1.165) is 12.0 Å². The number of carbonyl (C=O) groups excluding carboxylic acids is 1. The molecule has 0 heterocycles. The molecule has 0 spiro atoms. The van der Waals surface area contributed by atoms with Gasteiger partial charge in [-0.15, -0.1) is 0 Å². The number of hydrogen-bond donors (Lipinski definition) is 0. The second-order valence-electron chi connectivity index (χ2n) is 5.09. The van der Waals surface area contributed by atoms with Crippen molar-refractivity contribution in [2.24, 2.45) is 0 Å². The van der Waals surface area contributed by atoms with Gasteiger partial charge >= 0.3 is 0 Å². The summed E-state index contributed by atoms with van der Waals surface area (Å²) in [7, 11) is 0. The van der Waals surface area contributed by atoms with Crippen molar-refractivity contribution in [3.8, 4) is 0 Å². The number of fused-ring (bicyclic) bond motifs is 1. The predicted octanol–water partition coefficient (Wildman–Crippen LogP) is 3.45. The van der Waals surface area contributed by atoms with Crippen LogP contribution in [0.4, 0.5) is 0 Å². The fourth-order valence-electron chi connectivity index (χ4n) is 2.69. The van der Waals surface area contributed by atoms with E-state index in [4.69, 9.17) is 0 Å². The molecule has 1 aliphatic carbocycles. The molecule has 0 N–H and O–H groups in total. The molecule has 0 bridgehead atoms. The molecule has 90 valence electrons. The summed E-state index contributed by atoms with van der Waals surface area (Å²) >= 11 is 0. The summed E-state index contributed by atoms with van der Waals surface area (Å²) in [6, 6.07) is 16.5. The van der Waals surface area contributed by atoms with E-state index >= 15 is 0 Å². The summed E-state index contributed by atoms with van der Waals surface area (Å²) in [6.07, 6.45) is 1.47. The number of hydrogen-bond acceptors (Lipinski definition) is 1. The molecule has 1 nitrogen and oxygen atoms in total. The molecule has 1 unspecified atom stereocenters. The second kappa shape index (κ2) is 4.41. The first-order valence-electron chi connectivity index (χ1n) is 6.40. The van der Waals surface area contributed by atoms with Crippen molar-refractivity contribution >= 4 is 5.78 Å². The summed E-state index contributed by atoms with van der Waals surface area (Å²) in [5.74, 6) is 0.473. The van der Waals surface area contributed by atoms with E-state index in [1.54, 1.807) is 0 Å². The molecule has 0 aromatic heterocycles. The molecule has 18 heavy (non-hydrogen) atoms. The summed E-state index contributed by atoms with van der Waals surface area (Å²) in [5.41, 5.74) is 4.91. The summed E-state index contributed by atoms with van der Waals surface area (Å²) in [6.45, 7) is 2.06. The maximum Gasteiger partial charge on any atom is 0.145 e. The minimum Gasteiger partial charge on any atom is -0.299 e. The Bertz CT molecular complexity index is 598. The van der Waals surface area contributed by atoms with Crippen molar-refractivity contribution in [1.82, 2.24) is 0 Å². The minimum atomic E-state index is 0.127. The maximum atomic E-state index is 12.3. The highest BCUT2D eigenvalue weighted by Gasteiger charge is 2.31. The molecular weight excluding hydrogens is 220 g/mol. The number of rotatable bonds is 3. The lowest BCUT2D eigenvalue weighted by molar-refractivity contribution is -0.120. The first kappa shape index (κ1) is 11.2. The first-order chi connectivity index (χ1) is 8.74. The van der Waals surface area contributed by atoms with Crippen LogP contribution in [0.15, 0.2) is 48.5 Å². The zero-order chi connectivity index (χ0) is 12.5. The lowest BCUT2D eigenvalue weighted by Gasteiger charge is -2.28. The van der Waals surface area contributed by atoms with Crippen LogP contribution in [0, 0.1) is 6.92 Å². The van der Waals surface area contributed by atoms with E-state index in [9.17, 15) is 4.79 Å². The van der Waals surface area contributed by atoms with E-state index in [1.807, 2.05) is 24.3 Å². The Labute approximate surface area is 107 Å². The number of carbonyl (C=O) groups is 1. The van der Waals surface area contributed by atoms with Crippen LogP contribution in [0.5, 0.6) is 0 Å². The van der Waals surface area contributed by atoms with Gasteiger partial charge in [-0.1, -0.05) is 54.1 Å². The largest absolute Gasteiger partial charge is 0.299 e. The quantitative estimate of drug-likeness (QED) is 0.797. The number of benzene rings is 2. The molecule has 0 saturated heterocycles. The second-order valence-corrected chi connectivity index (χ2v) is 5.09. The van der Waals surface area contributed by atoms with Gasteiger partial charge in [0.2, 0.25) is 0 Å². The average Bonchev–Trinajstić information content (AvgIpc) is 2.30. The monoisotopic (exact) mass is 236 g/mol. The lowest BCUT2D eigenvalue weighted by Crippen LogP contribution is -2.26. The molecule has 0 radical (unpaired) electrons. The van der Waals surface area contributed by atoms with Gasteiger partial charge in [0.25, 0.3) is 0 Å². The van der Waals surface area contributed by atoms with Gasteiger partial charge < -0.3 is 0 Å². The molecule has 1 aliphatic rings. The molecular formula is C17H16O. The molecule has 1 atom stereocenters. The van der Waals surface area contributed by atoms with Crippen LogP contribution in [0.2, 0.25) is 0 Å². The van der Waals surface area contributed by atoms with Gasteiger partial charge in [-0.3, -0.25) is 4.79 Å². The molecule has 0 aliphatic heterocycles. The highest BCUT2D eigenvalue weighted by Crippen LogP contribution is 2.36. The van der Waals surface area contributed by atoms with Gasteiger partial charge in [0, 0.05) is 12.3 Å². The van der Waals surface area contributed by atoms with Crippen LogP contribution in [0.1, 0.15) is 28.2 Å². The Morgan fingerprint density at radius 3 is 2.78 bits per heavy atom. The number of aryl methyl sites for hydroxylation is 1. The third-order valence-corrected chi connectivity index (χ3v) is 3.70. The fourth-order valence-corrected chi connectivity index (χ4v) is 2.69. The van der Waals surface area contributed by atoms with Gasteiger partial charge in [-0.05, 0) is 30.0 Å². The van der Waals surface area contributed by atoms with Crippen LogP contribution in [0.3, 0.4) is 0 Å². The van der Waals surface area contributed by atoms with Crippen LogP contribution < -0.4 is 0 Å². The Kier molecular flexibility index (Phi) is 2.75. The van der Waals surface area contributed by atoms with E-state index in [0.29, 0.717) is 12.2 Å². The normalized spacial score (nSPS) is 16.8. The fraction of sp³-hybridized carbons (Fsp3) is 0.235. The number of Topliss-reactive ketones (excluding diaryl/α,β-unsaturated/α-hetero) is 1. The molecule has 0 amide bonds. The van der Waals surface area contributed by atoms with Crippen LogP contribution >= 0.6 is 0 Å². The van der Waals surface area contributed by atoms with E-state index in [2.05, 4.69) is 31.2 Å². The zero-order valence-electron chi connectivity index (χ0n) is 10.5. The van der Waals surface area contributed by atoms with Crippen molar-refractivity contribution in [3.63, 3.8) is 0 Å². The van der Waals surface area contributed by atoms with Crippen LogP contribution in [-0.2, 0) is 17.6 Å². The smallest absolute Gasteiger partial charge is 0.145 e. The number of ketones is 1. The minimum absolute atomic E-state index is 0.127. The third kappa shape index (κ3) is 1.97. The third-order valence-electron chi connectivity index (χ3n) is 3.70. The molecule has 0 fully saturated rings. The van der Waals surface area contributed by atoms with Crippen LogP contribution in [-0.4, -0.2) is 5.78 Å².